The molecule has 0 unspecified atom stereocenters. The second-order valence-electron chi connectivity index (χ2n) is 2.80. The number of rotatable bonds is 0. The molecule has 1 amide bonds. The Morgan fingerprint density at radius 3 is 3.17 bits per heavy atom. The smallest absolute Gasteiger partial charge is 0.230 e. The number of amides is 1. The standard InChI is InChI=1S/C8H7FN2O/c1-4-2-6(9)5-3-7(12)11-8(5)10-4/h2H,3H2,1H3,(H,10,11,12). The fourth-order valence-electron chi connectivity index (χ4n) is 1.27. The van der Waals surface area contributed by atoms with E-state index in [0.717, 1.165) is 0 Å². The number of halogens is 1. The third-order valence-corrected chi connectivity index (χ3v) is 1.79. The van der Waals surface area contributed by atoms with Gasteiger partial charge in [-0.25, -0.2) is 9.37 Å². The highest BCUT2D eigenvalue weighted by Crippen LogP contribution is 2.23. The van der Waals surface area contributed by atoms with Crippen LogP contribution in [0, 0.1) is 12.7 Å². The van der Waals surface area contributed by atoms with Gasteiger partial charge in [-0.3, -0.25) is 4.79 Å². The van der Waals surface area contributed by atoms with Gasteiger partial charge in [0.05, 0.1) is 6.42 Å². The Kier molecular flexibility index (Phi) is 1.36. The summed E-state index contributed by atoms with van der Waals surface area (Å²) in [6.07, 6.45) is 0.106. The topological polar surface area (TPSA) is 42.0 Å². The molecule has 1 N–H and O–H groups in total. The Balaban J connectivity index is 2.59. The number of fused-ring (bicyclic) bond motifs is 1. The zero-order valence-corrected chi connectivity index (χ0v) is 6.52. The maximum atomic E-state index is 13.1. The van der Waals surface area contributed by atoms with Crippen LogP contribution in [0.3, 0.4) is 0 Å². The molecule has 0 aromatic carbocycles. The minimum Gasteiger partial charge on any atom is -0.310 e. The zero-order valence-electron chi connectivity index (χ0n) is 6.52. The van der Waals surface area contributed by atoms with E-state index in [9.17, 15) is 9.18 Å². The van der Waals surface area contributed by atoms with Gasteiger partial charge in [0.1, 0.15) is 11.6 Å². The number of anilines is 1. The Hall–Kier alpha value is -1.45. The van der Waals surface area contributed by atoms with E-state index in [4.69, 9.17) is 0 Å². The molecule has 0 saturated carbocycles. The third kappa shape index (κ3) is 0.958. The molecule has 1 aliphatic heterocycles. The molecule has 2 heterocycles. The van der Waals surface area contributed by atoms with Crippen molar-refractivity contribution in [3.05, 3.63) is 23.1 Å². The Morgan fingerprint density at radius 2 is 2.42 bits per heavy atom. The first-order chi connectivity index (χ1) is 5.66. The quantitative estimate of drug-likeness (QED) is 0.625. The Labute approximate surface area is 68.6 Å². The molecular weight excluding hydrogens is 159 g/mol. The van der Waals surface area contributed by atoms with Crippen LogP contribution in [0.25, 0.3) is 0 Å². The monoisotopic (exact) mass is 166 g/mol. The summed E-state index contributed by atoms with van der Waals surface area (Å²) in [6, 6.07) is 1.33. The van der Waals surface area contributed by atoms with Gasteiger partial charge in [0.15, 0.2) is 0 Å². The highest BCUT2D eigenvalue weighted by molar-refractivity contribution is 5.97. The van der Waals surface area contributed by atoms with Crippen LogP contribution in [0.5, 0.6) is 0 Å². The summed E-state index contributed by atoms with van der Waals surface area (Å²) in [6.45, 7) is 1.69. The lowest BCUT2D eigenvalue weighted by Gasteiger charge is -1.99. The average molecular weight is 166 g/mol. The van der Waals surface area contributed by atoms with Crippen molar-refractivity contribution in [1.29, 1.82) is 0 Å². The fourth-order valence-corrected chi connectivity index (χ4v) is 1.27. The fraction of sp³-hybridized carbons (Fsp3) is 0.250. The van der Waals surface area contributed by atoms with Crippen LogP contribution in [0.2, 0.25) is 0 Å². The van der Waals surface area contributed by atoms with Gasteiger partial charge in [-0.15, -0.1) is 0 Å². The molecule has 62 valence electrons. The zero-order chi connectivity index (χ0) is 8.72. The number of nitrogens with one attached hydrogen (secondary N) is 1. The lowest BCUT2D eigenvalue weighted by Crippen LogP contribution is -2.04. The van der Waals surface area contributed by atoms with Gasteiger partial charge in [0.25, 0.3) is 0 Å². The molecule has 0 radical (unpaired) electrons. The first kappa shape index (κ1) is 7.21. The minimum absolute atomic E-state index is 0.106. The van der Waals surface area contributed by atoms with Crippen LogP contribution < -0.4 is 5.32 Å². The van der Waals surface area contributed by atoms with Gasteiger partial charge in [-0.2, -0.15) is 0 Å². The molecule has 1 aliphatic rings. The molecule has 0 bridgehead atoms. The van der Waals surface area contributed by atoms with Crippen LogP contribution in [-0.4, -0.2) is 10.9 Å². The van der Waals surface area contributed by atoms with E-state index in [1.165, 1.54) is 6.07 Å². The first-order valence-electron chi connectivity index (χ1n) is 3.62. The lowest BCUT2D eigenvalue weighted by atomic mass is 10.2. The summed E-state index contributed by atoms with van der Waals surface area (Å²) in [5.41, 5.74) is 0.957. The predicted molar refractivity (Wildman–Crippen MR) is 41.3 cm³/mol. The highest BCUT2D eigenvalue weighted by Gasteiger charge is 2.22. The van der Waals surface area contributed by atoms with Crippen molar-refractivity contribution in [3.8, 4) is 0 Å². The van der Waals surface area contributed by atoms with E-state index in [0.29, 0.717) is 17.1 Å². The van der Waals surface area contributed by atoms with Crippen molar-refractivity contribution >= 4 is 11.7 Å². The number of hydrogen-bond donors (Lipinski definition) is 1. The van der Waals surface area contributed by atoms with Crippen molar-refractivity contribution in [2.45, 2.75) is 13.3 Å². The summed E-state index contributed by atoms with van der Waals surface area (Å²) >= 11 is 0. The molecule has 0 spiro atoms. The van der Waals surface area contributed by atoms with Crippen LogP contribution in [0.15, 0.2) is 6.07 Å². The van der Waals surface area contributed by atoms with Crippen molar-refractivity contribution in [1.82, 2.24) is 4.98 Å². The van der Waals surface area contributed by atoms with Crippen molar-refractivity contribution in [3.63, 3.8) is 0 Å². The Bertz CT molecular complexity index is 362. The number of carbonyl (C=O) groups is 1. The first-order valence-corrected chi connectivity index (χ1v) is 3.62. The highest BCUT2D eigenvalue weighted by atomic mass is 19.1. The van der Waals surface area contributed by atoms with Crippen LogP contribution >= 0.6 is 0 Å². The largest absolute Gasteiger partial charge is 0.310 e. The van der Waals surface area contributed by atoms with Gasteiger partial charge in [0, 0.05) is 11.3 Å². The molecule has 2 rings (SSSR count). The number of pyridine rings is 1. The molecule has 0 saturated heterocycles. The van der Waals surface area contributed by atoms with Crippen molar-refractivity contribution in [2.24, 2.45) is 0 Å². The van der Waals surface area contributed by atoms with Gasteiger partial charge in [-0.1, -0.05) is 0 Å². The number of hydrogen-bond acceptors (Lipinski definition) is 2. The summed E-state index contributed by atoms with van der Waals surface area (Å²) in [5.74, 6) is -0.171. The molecule has 0 atom stereocenters. The van der Waals surface area contributed by atoms with Gasteiger partial charge >= 0.3 is 0 Å². The number of nitrogens with zero attached hydrogens (tertiary/aromatic N) is 1. The molecule has 4 heteroatoms. The predicted octanol–water partition coefficient (Wildman–Crippen LogP) is 1.02. The summed E-state index contributed by atoms with van der Waals surface area (Å²) in [4.78, 5) is 14.8. The van der Waals surface area contributed by atoms with E-state index in [1.807, 2.05) is 0 Å². The van der Waals surface area contributed by atoms with E-state index in [2.05, 4.69) is 10.3 Å². The molecule has 1 aromatic rings. The average Bonchev–Trinajstić information content (AvgIpc) is 2.29. The summed E-state index contributed by atoms with van der Waals surface area (Å²) in [7, 11) is 0. The van der Waals surface area contributed by atoms with Crippen LogP contribution in [-0.2, 0) is 11.2 Å². The molecular formula is C8H7FN2O. The van der Waals surface area contributed by atoms with Crippen LogP contribution in [0.1, 0.15) is 11.3 Å². The second kappa shape index (κ2) is 2.27. The Morgan fingerprint density at radius 1 is 1.67 bits per heavy atom. The number of aromatic nitrogens is 1. The molecule has 3 nitrogen and oxygen atoms in total. The van der Waals surface area contributed by atoms with E-state index in [-0.39, 0.29) is 18.1 Å². The van der Waals surface area contributed by atoms with Crippen molar-refractivity contribution in [2.75, 3.05) is 5.32 Å². The number of carbonyl (C=O) groups excluding carboxylic acids is 1. The SMILES string of the molecule is Cc1cc(F)c2c(n1)NC(=O)C2. The summed E-state index contributed by atoms with van der Waals surface area (Å²) < 4.78 is 13.1. The van der Waals surface area contributed by atoms with Gasteiger partial charge in [0.2, 0.25) is 5.91 Å². The molecule has 0 fully saturated rings. The maximum absolute atomic E-state index is 13.1. The number of aryl methyl sites for hydroxylation is 1. The summed E-state index contributed by atoms with van der Waals surface area (Å²) in [5, 5.41) is 2.49. The molecule has 12 heavy (non-hydrogen) atoms. The van der Waals surface area contributed by atoms with E-state index in [1.54, 1.807) is 6.92 Å². The van der Waals surface area contributed by atoms with Crippen LogP contribution in [0.4, 0.5) is 10.2 Å². The van der Waals surface area contributed by atoms with E-state index >= 15 is 0 Å². The molecule has 0 aliphatic carbocycles. The van der Waals surface area contributed by atoms with E-state index < -0.39 is 0 Å². The lowest BCUT2D eigenvalue weighted by molar-refractivity contribution is -0.115. The second-order valence-corrected chi connectivity index (χ2v) is 2.80. The maximum Gasteiger partial charge on any atom is 0.230 e. The third-order valence-electron chi connectivity index (χ3n) is 1.79. The normalized spacial score (nSPS) is 14.3. The van der Waals surface area contributed by atoms with Gasteiger partial charge in [-0.05, 0) is 13.0 Å². The minimum atomic E-state index is -0.351. The van der Waals surface area contributed by atoms with Crippen molar-refractivity contribution < 1.29 is 9.18 Å². The van der Waals surface area contributed by atoms with Gasteiger partial charge < -0.3 is 5.32 Å². The molecule has 1 aromatic heterocycles.